The van der Waals surface area contributed by atoms with Crippen LogP contribution >= 0.6 is 0 Å². The molecule has 2 aromatic carbocycles. The summed E-state index contributed by atoms with van der Waals surface area (Å²) in [5.41, 5.74) is 2.17. The summed E-state index contributed by atoms with van der Waals surface area (Å²) >= 11 is 0. The molecule has 2 aromatic rings. The highest BCUT2D eigenvalue weighted by Crippen LogP contribution is 2.16. The van der Waals surface area contributed by atoms with E-state index in [1.807, 2.05) is 6.92 Å². The molecule has 0 fully saturated rings. The Balaban J connectivity index is 1.99. The molecule has 0 aromatic heterocycles. The lowest BCUT2D eigenvalue weighted by Gasteiger charge is -2.16. The Kier molecular flexibility index (Phi) is 5.58. The molecule has 0 saturated carbocycles. The van der Waals surface area contributed by atoms with Crippen molar-refractivity contribution in [1.29, 1.82) is 0 Å². The summed E-state index contributed by atoms with van der Waals surface area (Å²) in [5, 5.41) is 0. The molecule has 0 saturated heterocycles. The lowest BCUT2D eigenvalue weighted by atomic mass is 10.1. The molecule has 0 heterocycles. The van der Waals surface area contributed by atoms with Gasteiger partial charge in [-0.15, -0.1) is 0 Å². The predicted molar refractivity (Wildman–Crippen MR) is 95.5 cm³/mol. The molecule has 0 aliphatic carbocycles. The van der Waals surface area contributed by atoms with Gasteiger partial charge in [-0.05, 0) is 43.3 Å². The second-order valence-electron chi connectivity index (χ2n) is 5.64. The first-order valence-corrected chi connectivity index (χ1v) is 9.34. The first-order valence-electron chi connectivity index (χ1n) is 7.49. The highest BCUT2D eigenvalue weighted by molar-refractivity contribution is 7.92. The van der Waals surface area contributed by atoms with Gasteiger partial charge < -0.3 is 4.74 Å². The number of aryl methyl sites for hydroxylation is 1. The van der Waals surface area contributed by atoms with Gasteiger partial charge in [0.05, 0.1) is 17.5 Å². The van der Waals surface area contributed by atoms with Crippen molar-refractivity contribution in [3.05, 3.63) is 65.2 Å². The van der Waals surface area contributed by atoms with Crippen molar-refractivity contribution in [1.82, 2.24) is 0 Å². The van der Waals surface area contributed by atoms with Crippen LogP contribution in [-0.2, 0) is 14.8 Å². The minimum absolute atomic E-state index is 0.336. The van der Waals surface area contributed by atoms with Crippen LogP contribution in [0, 0.1) is 6.92 Å². The summed E-state index contributed by atoms with van der Waals surface area (Å²) in [6.07, 6.45) is 1.09. The third-order valence-electron chi connectivity index (χ3n) is 3.67. The number of carbonyl (C=O) groups excluding carboxylic acids is 2. The van der Waals surface area contributed by atoms with E-state index in [-0.39, 0.29) is 12.4 Å². The average molecular weight is 361 g/mol. The summed E-state index contributed by atoms with van der Waals surface area (Å²) in [6.45, 7) is 1.53. The van der Waals surface area contributed by atoms with Gasteiger partial charge in [0.15, 0.2) is 12.4 Å². The van der Waals surface area contributed by atoms with Crippen molar-refractivity contribution in [2.75, 3.05) is 24.2 Å². The smallest absolute Gasteiger partial charge is 0.338 e. The number of rotatable bonds is 6. The molecule has 0 bridgehead atoms. The molecule has 0 aliphatic rings. The van der Waals surface area contributed by atoms with Crippen LogP contribution in [0.4, 0.5) is 5.69 Å². The van der Waals surface area contributed by atoms with E-state index >= 15 is 0 Å². The number of esters is 1. The van der Waals surface area contributed by atoms with E-state index in [1.165, 1.54) is 31.3 Å². The lowest BCUT2D eigenvalue weighted by molar-refractivity contribution is 0.0475. The number of sulfonamides is 1. The highest BCUT2D eigenvalue weighted by Gasteiger charge is 2.14. The van der Waals surface area contributed by atoms with Gasteiger partial charge in [0, 0.05) is 12.6 Å². The molecule has 0 radical (unpaired) electrons. The van der Waals surface area contributed by atoms with Gasteiger partial charge in [-0.1, -0.05) is 17.7 Å². The summed E-state index contributed by atoms with van der Waals surface area (Å²) in [7, 11) is -1.94. The molecule has 25 heavy (non-hydrogen) atoms. The predicted octanol–water partition coefficient (Wildman–Crippen LogP) is 2.43. The molecule has 0 N–H and O–H groups in total. The highest BCUT2D eigenvalue weighted by atomic mass is 32.2. The van der Waals surface area contributed by atoms with Crippen molar-refractivity contribution in [3.8, 4) is 0 Å². The summed E-state index contributed by atoms with van der Waals surface area (Å²) < 4.78 is 29.1. The topological polar surface area (TPSA) is 80.8 Å². The molecule has 0 aliphatic heterocycles. The van der Waals surface area contributed by atoms with E-state index in [4.69, 9.17) is 4.74 Å². The van der Waals surface area contributed by atoms with E-state index < -0.39 is 16.0 Å². The molecule has 0 unspecified atom stereocenters. The summed E-state index contributed by atoms with van der Waals surface area (Å²) in [4.78, 5) is 24.0. The van der Waals surface area contributed by atoms with Gasteiger partial charge in [0.1, 0.15) is 0 Å². The SMILES string of the molecule is Cc1ccc(C(=O)OCC(=O)c2ccc(N(C)S(C)(=O)=O)cc2)cc1. The monoisotopic (exact) mass is 361 g/mol. The van der Waals surface area contributed by atoms with Crippen molar-refractivity contribution >= 4 is 27.5 Å². The Labute approximate surface area is 147 Å². The molecule has 7 heteroatoms. The molecule has 132 valence electrons. The van der Waals surface area contributed by atoms with E-state index in [0.29, 0.717) is 16.8 Å². The Hall–Kier alpha value is -2.67. The largest absolute Gasteiger partial charge is 0.454 e. The number of ether oxygens (including phenoxy) is 1. The van der Waals surface area contributed by atoms with Gasteiger partial charge in [-0.25, -0.2) is 13.2 Å². The lowest BCUT2D eigenvalue weighted by Crippen LogP contribution is -2.24. The number of nitrogens with zero attached hydrogens (tertiary/aromatic N) is 1. The normalized spacial score (nSPS) is 11.0. The van der Waals surface area contributed by atoms with Crippen LogP contribution in [0.3, 0.4) is 0 Å². The Morgan fingerprint density at radius 2 is 1.48 bits per heavy atom. The average Bonchev–Trinajstić information content (AvgIpc) is 2.58. The Morgan fingerprint density at radius 1 is 0.960 bits per heavy atom. The number of benzene rings is 2. The number of anilines is 1. The molecular weight excluding hydrogens is 342 g/mol. The van der Waals surface area contributed by atoms with Crippen molar-refractivity contribution < 1.29 is 22.7 Å². The van der Waals surface area contributed by atoms with Gasteiger partial charge in [0.25, 0.3) is 0 Å². The molecule has 0 amide bonds. The fraction of sp³-hybridized carbons (Fsp3) is 0.222. The third kappa shape index (κ3) is 4.90. The fourth-order valence-electron chi connectivity index (χ4n) is 2.04. The minimum atomic E-state index is -3.37. The van der Waals surface area contributed by atoms with Gasteiger partial charge in [0.2, 0.25) is 10.0 Å². The van der Waals surface area contributed by atoms with Gasteiger partial charge >= 0.3 is 5.97 Å². The maximum absolute atomic E-state index is 12.1. The molecular formula is C18H19NO5S. The third-order valence-corrected chi connectivity index (χ3v) is 4.88. The number of ketones is 1. The van der Waals surface area contributed by atoms with Crippen LogP contribution in [0.15, 0.2) is 48.5 Å². The Bertz CT molecular complexity index is 871. The zero-order valence-electron chi connectivity index (χ0n) is 14.2. The van der Waals surface area contributed by atoms with Gasteiger partial charge in [-0.3, -0.25) is 9.10 Å². The van der Waals surface area contributed by atoms with Gasteiger partial charge in [-0.2, -0.15) is 0 Å². The van der Waals surface area contributed by atoms with Crippen LogP contribution in [0.1, 0.15) is 26.3 Å². The second kappa shape index (κ2) is 7.48. The quantitative estimate of drug-likeness (QED) is 0.583. The van der Waals surface area contributed by atoms with Crippen LogP contribution in [0.25, 0.3) is 0 Å². The molecule has 6 nitrogen and oxygen atoms in total. The van der Waals surface area contributed by atoms with Crippen LogP contribution < -0.4 is 4.31 Å². The van der Waals surface area contributed by atoms with E-state index in [0.717, 1.165) is 16.1 Å². The molecule has 0 spiro atoms. The summed E-state index contributed by atoms with van der Waals surface area (Å²) in [5.74, 6) is -0.934. The fourth-order valence-corrected chi connectivity index (χ4v) is 2.54. The number of hydrogen-bond donors (Lipinski definition) is 0. The zero-order chi connectivity index (χ0) is 18.6. The van der Waals surface area contributed by atoms with Crippen LogP contribution in [0.2, 0.25) is 0 Å². The molecule has 2 rings (SSSR count). The second-order valence-corrected chi connectivity index (χ2v) is 7.66. The van der Waals surface area contributed by atoms with Crippen molar-refractivity contribution in [2.24, 2.45) is 0 Å². The van der Waals surface area contributed by atoms with Crippen LogP contribution in [0.5, 0.6) is 0 Å². The maximum Gasteiger partial charge on any atom is 0.338 e. The van der Waals surface area contributed by atoms with E-state index in [1.54, 1.807) is 24.3 Å². The number of carbonyl (C=O) groups is 2. The van der Waals surface area contributed by atoms with Crippen LogP contribution in [-0.4, -0.2) is 40.1 Å². The first-order chi connectivity index (χ1) is 11.7. The maximum atomic E-state index is 12.1. The van der Waals surface area contributed by atoms with E-state index in [2.05, 4.69) is 0 Å². The number of Topliss-reactive ketones (excluding diaryl/α,β-unsaturated/α-hetero) is 1. The van der Waals surface area contributed by atoms with Crippen molar-refractivity contribution in [3.63, 3.8) is 0 Å². The van der Waals surface area contributed by atoms with E-state index in [9.17, 15) is 18.0 Å². The minimum Gasteiger partial charge on any atom is -0.454 e. The van der Waals surface area contributed by atoms with Crippen molar-refractivity contribution in [2.45, 2.75) is 6.92 Å². The molecule has 0 atom stereocenters. The zero-order valence-corrected chi connectivity index (χ0v) is 15.0. The number of hydrogen-bond acceptors (Lipinski definition) is 5. The Morgan fingerprint density at radius 3 is 2.00 bits per heavy atom. The standard InChI is InChI=1S/C18H19NO5S/c1-13-4-6-15(7-5-13)18(21)24-12-17(20)14-8-10-16(11-9-14)19(2)25(3,22)23/h4-11H,12H2,1-3H3. The summed E-state index contributed by atoms with van der Waals surface area (Å²) in [6, 6.07) is 12.9. The first kappa shape index (κ1) is 18.7.